The Kier molecular flexibility index (Phi) is 4.29. The fourth-order valence-corrected chi connectivity index (χ4v) is 2.90. The predicted octanol–water partition coefficient (Wildman–Crippen LogP) is 4.54. The third-order valence-electron chi connectivity index (χ3n) is 4.08. The largest absolute Gasteiger partial charge is 0.299 e. The number of carbonyl (C=O) groups is 1. The highest BCUT2D eigenvalue weighted by atomic mass is 16.1. The Hall–Kier alpha value is -2.48. The highest BCUT2D eigenvalue weighted by molar-refractivity contribution is 5.89. The molecule has 22 heavy (non-hydrogen) atoms. The van der Waals surface area contributed by atoms with E-state index >= 15 is 0 Å². The number of benzene rings is 2. The summed E-state index contributed by atoms with van der Waals surface area (Å²) in [5, 5.41) is 2.24. The predicted molar refractivity (Wildman–Crippen MR) is 89.9 cm³/mol. The summed E-state index contributed by atoms with van der Waals surface area (Å²) in [7, 11) is 0. The van der Waals surface area contributed by atoms with Crippen molar-refractivity contribution in [2.45, 2.75) is 25.7 Å². The Morgan fingerprint density at radius 1 is 1.05 bits per heavy atom. The molecule has 0 saturated carbocycles. The van der Waals surface area contributed by atoms with Crippen molar-refractivity contribution in [2.24, 2.45) is 0 Å². The molecule has 110 valence electrons. The topological polar surface area (TPSA) is 30.0 Å². The first kappa shape index (κ1) is 14.5. The molecule has 0 spiro atoms. The number of ketones is 1. The van der Waals surface area contributed by atoms with Gasteiger partial charge in [-0.2, -0.15) is 0 Å². The molecule has 0 unspecified atom stereocenters. The van der Waals surface area contributed by atoms with E-state index in [4.69, 9.17) is 0 Å². The SMILES string of the molecule is CC[C@@H](C(=O)Cc1ccc2cnccc2c1)c1ccccc1. The second-order valence-electron chi connectivity index (χ2n) is 5.57. The van der Waals surface area contributed by atoms with Crippen molar-refractivity contribution in [2.75, 3.05) is 0 Å². The van der Waals surface area contributed by atoms with Crippen molar-refractivity contribution in [3.8, 4) is 0 Å². The zero-order chi connectivity index (χ0) is 15.4. The van der Waals surface area contributed by atoms with Crippen molar-refractivity contribution in [1.29, 1.82) is 0 Å². The highest BCUT2D eigenvalue weighted by Crippen LogP contribution is 2.23. The number of hydrogen-bond donors (Lipinski definition) is 0. The number of rotatable bonds is 5. The Balaban J connectivity index is 1.82. The van der Waals surface area contributed by atoms with Crippen LogP contribution in [0, 0.1) is 0 Å². The van der Waals surface area contributed by atoms with Gasteiger partial charge in [0.2, 0.25) is 0 Å². The number of carbonyl (C=O) groups excluding carboxylic acids is 1. The number of aromatic nitrogens is 1. The Morgan fingerprint density at radius 2 is 1.86 bits per heavy atom. The van der Waals surface area contributed by atoms with Crippen molar-refractivity contribution in [3.63, 3.8) is 0 Å². The van der Waals surface area contributed by atoms with Crippen LogP contribution in [0.4, 0.5) is 0 Å². The van der Waals surface area contributed by atoms with Crippen LogP contribution >= 0.6 is 0 Å². The maximum atomic E-state index is 12.7. The molecule has 2 heteroatoms. The van der Waals surface area contributed by atoms with Gasteiger partial charge in [0.25, 0.3) is 0 Å². The summed E-state index contributed by atoms with van der Waals surface area (Å²) in [6.45, 7) is 2.07. The third kappa shape index (κ3) is 3.06. The average molecular weight is 289 g/mol. The molecule has 1 heterocycles. The summed E-state index contributed by atoms with van der Waals surface area (Å²) < 4.78 is 0. The smallest absolute Gasteiger partial charge is 0.144 e. The summed E-state index contributed by atoms with van der Waals surface area (Å²) in [5.41, 5.74) is 2.18. The van der Waals surface area contributed by atoms with Crippen molar-refractivity contribution >= 4 is 16.6 Å². The van der Waals surface area contributed by atoms with Gasteiger partial charge in [0, 0.05) is 30.1 Å². The van der Waals surface area contributed by atoms with Gasteiger partial charge in [-0.3, -0.25) is 9.78 Å². The molecule has 0 aliphatic carbocycles. The van der Waals surface area contributed by atoms with E-state index in [9.17, 15) is 4.79 Å². The van der Waals surface area contributed by atoms with E-state index in [0.717, 1.165) is 28.3 Å². The van der Waals surface area contributed by atoms with E-state index in [-0.39, 0.29) is 11.7 Å². The maximum Gasteiger partial charge on any atom is 0.144 e. The first-order valence-electron chi connectivity index (χ1n) is 7.68. The molecule has 1 aromatic heterocycles. The molecule has 2 nitrogen and oxygen atoms in total. The van der Waals surface area contributed by atoms with E-state index in [0.29, 0.717) is 6.42 Å². The van der Waals surface area contributed by atoms with Gasteiger partial charge >= 0.3 is 0 Å². The molecule has 0 saturated heterocycles. The van der Waals surface area contributed by atoms with Crippen LogP contribution in [-0.4, -0.2) is 10.8 Å². The first-order valence-corrected chi connectivity index (χ1v) is 7.68. The van der Waals surface area contributed by atoms with Gasteiger partial charge in [0.05, 0.1) is 0 Å². The van der Waals surface area contributed by atoms with Crippen LogP contribution in [-0.2, 0) is 11.2 Å². The minimum absolute atomic E-state index is 0.0191. The molecule has 0 bridgehead atoms. The van der Waals surface area contributed by atoms with Crippen molar-refractivity contribution < 1.29 is 4.79 Å². The van der Waals surface area contributed by atoms with Crippen LogP contribution in [0.3, 0.4) is 0 Å². The van der Waals surface area contributed by atoms with E-state index in [1.807, 2.05) is 54.7 Å². The Labute approximate surface area is 130 Å². The second-order valence-corrected chi connectivity index (χ2v) is 5.57. The molecule has 2 aromatic carbocycles. The molecule has 0 aliphatic heterocycles. The third-order valence-corrected chi connectivity index (χ3v) is 4.08. The molecule has 0 radical (unpaired) electrons. The van der Waals surface area contributed by atoms with Gasteiger partial charge in [-0.1, -0.05) is 55.5 Å². The molecule has 0 N–H and O–H groups in total. The fraction of sp³-hybridized carbons (Fsp3) is 0.200. The Bertz CT molecular complexity index is 780. The molecular formula is C20H19NO. The van der Waals surface area contributed by atoms with Crippen LogP contribution in [0.25, 0.3) is 10.8 Å². The monoisotopic (exact) mass is 289 g/mol. The van der Waals surface area contributed by atoms with Gasteiger partial charge in [-0.05, 0) is 29.0 Å². The number of pyridine rings is 1. The van der Waals surface area contributed by atoms with Crippen molar-refractivity contribution in [1.82, 2.24) is 4.98 Å². The normalized spacial score (nSPS) is 12.2. The van der Waals surface area contributed by atoms with Gasteiger partial charge in [-0.15, -0.1) is 0 Å². The van der Waals surface area contributed by atoms with Gasteiger partial charge in [0.15, 0.2) is 0 Å². The van der Waals surface area contributed by atoms with Crippen LogP contribution in [0.5, 0.6) is 0 Å². The second kappa shape index (κ2) is 6.52. The molecule has 3 rings (SSSR count). The minimum Gasteiger partial charge on any atom is -0.299 e. The summed E-state index contributed by atoms with van der Waals surface area (Å²) in [5.74, 6) is 0.261. The average Bonchev–Trinajstić information content (AvgIpc) is 2.56. The summed E-state index contributed by atoms with van der Waals surface area (Å²) in [4.78, 5) is 16.8. The maximum absolute atomic E-state index is 12.7. The summed E-state index contributed by atoms with van der Waals surface area (Å²) in [6.07, 6.45) is 4.94. The molecule has 0 aliphatic rings. The van der Waals surface area contributed by atoms with Crippen molar-refractivity contribution in [3.05, 3.63) is 78.1 Å². The van der Waals surface area contributed by atoms with Crippen LogP contribution < -0.4 is 0 Å². The number of nitrogens with zero attached hydrogens (tertiary/aromatic N) is 1. The van der Waals surface area contributed by atoms with Gasteiger partial charge in [0.1, 0.15) is 5.78 Å². The van der Waals surface area contributed by atoms with Gasteiger partial charge in [-0.25, -0.2) is 0 Å². The standard InChI is InChI=1S/C20H19NO/c1-2-19(16-6-4-3-5-7-16)20(22)13-15-8-9-18-14-21-11-10-17(18)12-15/h3-12,14,19H,2,13H2,1H3/t19-/m1/s1. The Morgan fingerprint density at radius 3 is 2.64 bits per heavy atom. The highest BCUT2D eigenvalue weighted by Gasteiger charge is 2.18. The van der Waals surface area contributed by atoms with E-state index in [2.05, 4.69) is 18.0 Å². The molecular weight excluding hydrogens is 270 g/mol. The number of hydrogen-bond acceptors (Lipinski definition) is 2. The van der Waals surface area contributed by atoms with E-state index in [1.54, 1.807) is 6.20 Å². The van der Waals surface area contributed by atoms with Gasteiger partial charge < -0.3 is 0 Å². The zero-order valence-electron chi connectivity index (χ0n) is 12.7. The molecule has 3 aromatic rings. The molecule has 1 atom stereocenters. The lowest BCUT2D eigenvalue weighted by molar-refractivity contribution is -0.119. The lowest BCUT2D eigenvalue weighted by atomic mass is 9.89. The summed E-state index contributed by atoms with van der Waals surface area (Å²) >= 11 is 0. The van der Waals surface area contributed by atoms with Crippen LogP contribution in [0.2, 0.25) is 0 Å². The van der Waals surface area contributed by atoms with E-state index in [1.165, 1.54) is 0 Å². The first-order chi connectivity index (χ1) is 10.8. The minimum atomic E-state index is -0.0191. The number of Topliss-reactive ketones (excluding diaryl/α,β-unsaturated/α-hetero) is 1. The zero-order valence-corrected chi connectivity index (χ0v) is 12.7. The van der Waals surface area contributed by atoms with Crippen LogP contribution in [0.15, 0.2) is 67.0 Å². The van der Waals surface area contributed by atoms with E-state index < -0.39 is 0 Å². The van der Waals surface area contributed by atoms with Crippen LogP contribution in [0.1, 0.15) is 30.4 Å². The fourth-order valence-electron chi connectivity index (χ4n) is 2.90. The quantitative estimate of drug-likeness (QED) is 0.690. The lowest BCUT2D eigenvalue weighted by Crippen LogP contribution is -2.14. The lowest BCUT2D eigenvalue weighted by Gasteiger charge is -2.14. The molecule has 0 amide bonds. The number of fused-ring (bicyclic) bond motifs is 1. The molecule has 0 fully saturated rings. The summed E-state index contributed by atoms with van der Waals surface area (Å²) in [6, 6.07) is 18.2.